The Morgan fingerprint density at radius 3 is 2.71 bits per heavy atom. The summed E-state index contributed by atoms with van der Waals surface area (Å²) in [5.41, 5.74) is 4.61. The topological polar surface area (TPSA) is 69.2 Å². The number of thiophene rings is 1. The molecule has 1 aliphatic carbocycles. The molecule has 7 heteroatoms. The molecular formula is C21H26N2O4S. The molecule has 0 saturated heterocycles. The Balaban J connectivity index is 1.72. The summed E-state index contributed by atoms with van der Waals surface area (Å²) in [6.07, 6.45) is 6.08. The lowest BCUT2D eigenvalue weighted by molar-refractivity contribution is 0.0959. The van der Waals surface area contributed by atoms with Gasteiger partial charge in [-0.3, -0.25) is 4.79 Å². The van der Waals surface area contributed by atoms with Crippen LogP contribution in [0.15, 0.2) is 23.3 Å². The summed E-state index contributed by atoms with van der Waals surface area (Å²) in [5.74, 6) is 2.08. The molecule has 6 nitrogen and oxygen atoms in total. The molecule has 1 amide bonds. The Hall–Kier alpha value is -2.54. The van der Waals surface area contributed by atoms with E-state index < -0.39 is 0 Å². The fourth-order valence-corrected chi connectivity index (χ4v) is 4.60. The largest absolute Gasteiger partial charge is 0.493 e. The zero-order chi connectivity index (χ0) is 20.1. The number of rotatable bonds is 7. The Morgan fingerprint density at radius 1 is 1.25 bits per heavy atom. The quantitative estimate of drug-likeness (QED) is 0.560. The third-order valence-electron chi connectivity index (χ3n) is 5.09. The molecule has 3 rings (SSSR count). The Bertz CT molecular complexity index is 876. The second kappa shape index (κ2) is 9.10. The van der Waals surface area contributed by atoms with Crippen molar-refractivity contribution in [3.8, 4) is 17.2 Å². The third kappa shape index (κ3) is 4.14. The number of hydrogen-bond donors (Lipinski definition) is 1. The fourth-order valence-electron chi connectivity index (χ4n) is 3.50. The fraction of sp³-hybridized carbons (Fsp3) is 0.429. The predicted molar refractivity (Wildman–Crippen MR) is 111 cm³/mol. The van der Waals surface area contributed by atoms with Crippen LogP contribution in [0.2, 0.25) is 0 Å². The van der Waals surface area contributed by atoms with Crippen molar-refractivity contribution < 1.29 is 19.0 Å². The average Bonchev–Trinajstić information content (AvgIpc) is 3.16. The van der Waals surface area contributed by atoms with Gasteiger partial charge in [0.2, 0.25) is 5.75 Å². The van der Waals surface area contributed by atoms with Crippen LogP contribution in [0.3, 0.4) is 0 Å². The summed E-state index contributed by atoms with van der Waals surface area (Å²) in [6.45, 7) is 2.23. The highest BCUT2D eigenvalue weighted by Crippen LogP contribution is 2.39. The van der Waals surface area contributed by atoms with Crippen molar-refractivity contribution in [1.82, 2.24) is 5.43 Å². The zero-order valence-electron chi connectivity index (χ0n) is 16.7. The number of nitrogens with zero attached hydrogens (tertiary/aromatic N) is 1. The summed E-state index contributed by atoms with van der Waals surface area (Å²) in [7, 11) is 4.66. The highest BCUT2D eigenvalue weighted by Gasteiger charge is 2.22. The van der Waals surface area contributed by atoms with Crippen molar-refractivity contribution in [2.75, 3.05) is 21.3 Å². The summed E-state index contributed by atoms with van der Waals surface area (Å²) in [6, 6.07) is 5.58. The molecule has 0 saturated carbocycles. The summed E-state index contributed by atoms with van der Waals surface area (Å²) < 4.78 is 16.1. The highest BCUT2D eigenvalue weighted by molar-refractivity contribution is 7.14. The second-order valence-electron chi connectivity index (χ2n) is 6.70. The normalized spacial score (nSPS) is 15.9. The standard InChI is InChI=1S/C21H26N2O4S/c1-5-13-6-9-17-15(10-13)11-18(28-17)21(24)23-22-12-14-7-8-16(25-2)20(27-4)19(14)26-3/h7-8,11-13H,5-6,9-10H2,1-4H3,(H,23,24)/b22-12+. The number of fused-ring (bicyclic) bond motifs is 1. The number of hydrogen-bond acceptors (Lipinski definition) is 6. The number of benzene rings is 1. The summed E-state index contributed by atoms with van der Waals surface area (Å²) in [4.78, 5) is 14.5. The molecule has 1 aliphatic rings. The molecule has 0 radical (unpaired) electrons. The average molecular weight is 403 g/mol. The van der Waals surface area contributed by atoms with E-state index in [1.54, 1.807) is 51.0 Å². The van der Waals surface area contributed by atoms with Crippen molar-refractivity contribution in [3.63, 3.8) is 0 Å². The number of nitrogens with one attached hydrogen (secondary N) is 1. The van der Waals surface area contributed by atoms with Crippen LogP contribution in [0.5, 0.6) is 17.2 Å². The van der Waals surface area contributed by atoms with E-state index in [-0.39, 0.29) is 5.91 Å². The molecule has 28 heavy (non-hydrogen) atoms. The van der Waals surface area contributed by atoms with Gasteiger partial charge in [-0.25, -0.2) is 5.43 Å². The molecule has 150 valence electrons. The Morgan fingerprint density at radius 2 is 2.04 bits per heavy atom. The van der Waals surface area contributed by atoms with Gasteiger partial charge in [0.25, 0.3) is 5.91 Å². The molecule has 0 aliphatic heterocycles. The van der Waals surface area contributed by atoms with Crippen molar-refractivity contribution in [1.29, 1.82) is 0 Å². The first-order valence-corrected chi connectivity index (χ1v) is 10.2. The molecule has 1 atom stereocenters. The number of aryl methyl sites for hydroxylation is 1. The van der Waals surface area contributed by atoms with Gasteiger partial charge >= 0.3 is 0 Å². The number of amides is 1. The van der Waals surface area contributed by atoms with Gasteiger partial charge in [0.15, 0.2) is 11.5 Å². The van der Waals surface area contributed by atoms with Crippen molar-refractivity contribution in [2.45, 2.75) is 32.6 Å². The van der Waals surface area contributed by atoms with Gasteiger partial charge in [0.05, 0.1) is 32.4 Å². The van der Waals surface area contributed by atoms with Crippen LogP contribution in [0, 0.1) is 5.92 Å². The van der Waals surface area contributed by atoms with E-state index in [1.807, 2.05) is 6.07 Å². The number of ether oxygens (including phenoxy) is 3. The van der Waals surface area contributed by atoms with Crippen LogP contribution in [-0.4, -0.2) is 33.5 Å². The maximum Gasteiger partial charge on any atom is 0.281 e. The van der Waals surface area contributed by atoms with Crippen molar-refractivity contribution in [3.05, 3.63) is 39.1 Å². The highest BCUT2D eigenvalue weighted by atomic mass is 32.1. The molecule has 0 bridgehead atoms. The SMILES string of the molecule is CCC1CCc2sc(C(=O)N/N=C/c3ccc(OC)c(OC)c3OC)cc2C1. The molecule has 1 aromatic heterocycles. The van der Waals surface area contributed by atoms with Crippen LogP contribution in [0.25, 0.3) is 0 Å². The molecule has 0 fully saturated rings. The number of hydrazone groups is 1. The molecule has 1 aromatic carbocycles. The maximum atomic E-state index is 12.5. The molecule has 2 aromatic rings. The predicted octanol–water partition coefficient (Wildman–Crippen LogP) is 4.05. The third-order valence-corrected chi connectivity index (χ3v) is 6.33. The van der Waals surface area contributed by atoms with E-state index in [0.717, 1.165) is 18.8 Å². The van der Waals surface area contributed by atoms with E-state index in [0.29, 0.717) is 27.7 Å². The summed E-state index contributed by atoms with van der Waals surface area (Å²) in [5, 5.41) is 4.10. The lowest BCUT2D eigenvalue weighted by atomic mass is 9.87. The number of carbonyl (C=O) groups excluding carboxylic acids is 1. The zero-order valence-corrected chi connectivity index (χ0v) is 17.5. The Labute approximate surface area is 169 Å². The van der Waals surface area contributed by atoms with Crippen LogP contribution < -0.4 is 19.6 Å². The number of carbonyl (C=O) groups is 1. The lowest BCUT2D eigenvalue weighted by Gasteiger charge is -2.19. The first-order chi connectivity index (χ1) is 13.6. The monoisotopic (exact) mass is 402 g/mol. The van der Waals surface area contributed by atoms with E-state index >= 15 is 0 Å². The minimum Gasteiger partial charge on any atom is -0.493 e. The summed E-state index contributed by atoms with van der Waals surface area (Å²) >= 11 is 1.57. The smallest absolute Gasteiger partial charge is 0.281 e. The minimum absolute atomic E-state index is 0.192. The van der Waals surface area contributed by atoms with Crippen LogP contribution in [0.1, 0.15) is 45.4 Å². The minimum atomic E-state index is -0.192. The van der Waals surface area contributed by atoms with Gasteiger partial charge in [-0.15, -0.1) is 11.3 Å². The maximum absolute atomic E-state index is 12.5. The first kappa shape index (κ1) is 20.2. The van der Waals surface area contributed by atoms with E-state index in [4.69, 9.17) is 14.2 Å². The van der Waals surface area contributed by atoms with Crippen LogP contribution >= 0.6 is 11.3 Å². The molecule has 1 unspecified atom stereocenters. The molecule has 0 spiro atoms. The lowest BCUT2D eigenvalue weighted by Crippen LogP contribution is -2.16. The van der Waals surface area contributed by atoms with Gasteiger partial charge < -0.3 is 14.2 Å². The van der Waals surface area contributed by atoms with E-state index in [2.05, 4.69) is 17.5 Å². The van der Waals surface area contributed by atoms with Crippen LogP contribution in [0.4, 0.5) is 0 Å². The second-order valence-corrected chi connectivity index (χ2v) is 7.84. The van der Waals surface area contributed by atoms with Crippen LogP contribution in [-0.2, 0) is 12.8 Å². The molecule has 1 N–H and O–H groups in total. The van der Waals surface area contributed by atoms with Gasteiger partial charge in [0, 0.05) is 10.4 Å². The van der Waals surface area contributed by atoms with Gasteiger partial charge in [-0.2, -0.15) is 5.10 Å². The van der Waals surface area contributed by atoms with Crippen molar-refractivity contribution in [2.24, 2.45) is 11.0 Å². The van der Waals surface area contributed by atoms with E-state index in [1.165, 1.54) is 23.3 Å². The van der Waals surface area contributed by atoms with E-state index in [9.17, 15) is 4.79 Å². The molecule has 1 heterocycles. The van der Waals surface area contributed by atoms with Gasteiger partial charge in [-0.05, 0) is 48.9 Å². The molecular weight excluding hydrogens is 376 g/mol. The Kier molecular flexibility index (Phi) is 6.57. The van der Waals surface area contributed by atoms with Crippen molar-refractivity contribution >= 4 is 23.5 Å². The van der Waals surface area contributed by atoms with Gasteiger partial charge in [0.1, 0.15) is 0 Å². The number of methoxy groups -OCH3 is 3. The first-order valence-electron chi connectivity index (χ1n) is 9.35. The van der Waals surface area contributed by atoms with Gasteiger partial charge in [-0.1, -0.05) is 13.3 Å².